The average Bonchev–Trinajstić information content (AvgIpc) is 3.41. The highest BCUT2D eigenvalue weighted by molar-refractivity contribution is 7.22. The molecule has 8 heteroatoms. The molecule has 1 fully saturated rings. The number of nitrogens with zero attached hydrogens (tertiary/aromatic N) is 4. The summed E-state index contributed by atoms with van der Waals surface area (Å²) in [5.41, 5.74) is 1.99. The molecule has 0 aliphatic carbocycles. The van der Waals surface area contributed by atoms with E-state index in [1.165, 1.54) is 23.5 Å². The van der Waals surface area contributed by atoms with Crippen molar-refractivity contribution >= 4 is 32.6 Å². The van der Waals surface area contributed by atoms with Gasteiger partial charge < -0.3 is 14.3 Å². The van der Waals surface area contributed by atoms with Crippen LogP contribution in [0, 0.1) is 5.82 Å². The molecule has 5 rings (SSSR count). The maximum Gasteiger partial charge on any atom is 0.276 e. The van der Waals surface area contributed by atoms with Crippen molar-refractivity contribution in [1.82, 2.24) is 15.0 Å². The lowest BCUT2D eigenvalue weighted by Crippen LogP contribution is -2.48. The Kier molecular flexibility index (Phi) is 4.48. The second-order valence-corrected chi connectivity index (χ2v) is 7.84. The predicted octanol–water partition coefficient (Wildman–Crippen LogP) is 4.05. The molecule has 29 heavy (non-hydrogen) atoms. The minimum Gasteiger partial charge on any atom is -0.355 e. The molecular weight excluding hydrogens is 391 g/mol. The summed E-state index contributed by atoms with van der Waals surface area (Å²) >= 11 is 1.47. The van der Waals surface area contributed by atoms with Crippen LogP contribution in [0.2, 0.25) is 0 Å². The second kappa shape index (κ2) is 7.29. The highest BCUT2D eigenvalue weighted by Gasteiger charge is 2.26. The van der Waals surface area contributed by atoms with Crippen molar-refractivity contribution in [3.8, 4) is 11.3 Å². The summed E-state index contributed by atoms with van der Waals surface area (Å²) in [5, 5.41) is 4.81. The molecule has 0 unspecified atom stereocenters. The molecule has 2 aromatic carbocycles. The van der Waals surface area contributed by atoms with E-state index in [2.05, 4.69) is 15.0 Å². The fourth-order valence-electron chi connectivity index (χ4n) is 3.40. The van der Waals surface area contributed by atoms with Crippen LogP contribution in [-0.2, 0) is 0 Å². The smallest absolute Gasteiger partial charge is 0.276 e. The largest absolute Gasteiger partial charge is 0.355 e. The Morgan fingerprint density at radius 2 is 1.83 bits per heavy atom. The molecule has 6 nitrogen and oxygen atoms in total. The monoisotopic (exact) mass is 408 g/mol. The molecule has 0 N–H and O–H groups in total. The number of carbonyl (C=O) groups is 1. The third-order valence-electron chi connectivity index (χ3n) is 4.96. The zero-order valence-electron chi connectivity index (χ0n) is 15.4. The van der Waals surface area contributed by atoms with Crippen molar-refractivity contribution in [2.45, 2.75) is 0 Å². The number of thiazole rings is 1. The van der Waals surface area contributed by atoms with Gasteiger partial charge in [-0.05, 0) is 18.2 Å². The Morgan fingerprint density at radius 3 is 2.62 bits per heavy atom. The van der Waals surface area contributed by atoms with Crippen LogP contribution in [0.1, 0.15) is 10.5 Å². The zero-order valence-corrected chi connectivity index (χ0v) is 16.2. The Balaban J connectivity index is 1.26. The number of aromatic nitrogens is 2. The lowest BCUT2D eigenvalue weighted by atomic mass is 10.1. The first-order valence-corrected chi connectivity index (χ1v) is 10.1. The number of rotatable bonds is 3. The highest BCUT2D eigenvalue weighted by atomic mass is 32.1. The SMILES string of the molecule is O=C(c1cc(-c2ccccc2)on1)N1CCN(c2nc3ccc(F)cc3s2)CC1. The van der Waals surface area contributed by atoms with Gasteiger partial charge in [-0.1, -0.05) is 46.8 Å². The lowest BCUT2D eigenvalue weighted by molar-refractivity contribution is 0.0736. The number of hydrogen-bond acceptors (Lipinski definition) is 6. The normalized spacial score (nSPS) is 14.5. The van der Waals surface area contributed by atoms with Gasteiger partial charge in [-0.25, -0.2) is 9.37 Å². The van der Waals surface area contributed by atoms with Gasteiger partial charge in [0.2, 0.25) is 0 Å². The Morgan fingerprint density at radius 1 is 1.03 bits per heavy atom. The summed E-state index contributed by atoms with van der Waals surface area (Å²) in [6, 6.07) is 15.9. The fraction of sp³-hybridized carbons (Fsp3) is 0.190. The van der Waals surface area contributed by atoms with Crippen molar-refractivity contribution in [3.05, 3.63) is 66.1 Å². The first-order chi connectivity index (χ1) is 14.2. The van der Waals surface area contributed by atoms with Crippen LogP contribution >= 0.6 is 11.3 Å². The molecule has 0 atom stereocenters. The summed E-state index contributed by atoms with van der Waals surface area (Å²) in [6.45, 7) is 2.46. The molecule has 146 valence electrons. The Labute approximate surface area is 170 Å². The summed E-state index contributed by atoms with van der Waals surface area (Å²) in [5.74, 6) is 0.182. The lowest BCUT2D eigenvalue weighted by Gasteiger charge is -2.34. The number of hydrogen-bond donors (Lipinski definition) is 0. The molecule has 4 aromatic rings. The van der Waals surface area contributed by atoms with Crippen molar-refractivity contribution < 1.29 is 13.7 Å². The van der Waals surface area contributed by atoms with E-state index in [9.17, 15) is 9.18 Å². The molecule has 1 saturated heterocycles. The van der Waals surface area contributed by atoms with E-state index in [-0.39, 0.29) is 11.7 Å². The van der Waals surface area contributed by atoms with Crippen LogP contribution in [0.25, 0.3) is 21.5 Å². The molecule has 3 heterocycles. The number of piperazine rings is 1. The topological polar surface area (TPSA) is 62.5 Å². The number of fused-ring (bicyclic) bond motifs is 1. The van der Waals surface area contributed by atoms with E-state index in [0.29, 0.717) is 37.6 Å². The van der Waals surface area contributed by atoms with Crippen LogP contribution in [0.4, 0.5) is 9.52 Å². The number of anilines is 1. The van der Waals surface area contributed by atoms with Crippen molar-refractivity contribution in [2.75, 3.05) is 31.1 Å². The third-order valence-corrected chi connectivity index (χ3v) is 6.04. The van der Waals surface area contributed by atoms with Gasteiger partial charge in [0.25, 0.3) is 5.91 Å². The molecule has 2 aromatic heterocycles. The highest BCUT2D eigenvalue weighted by Crippen LogP contribution is 2.30. The van der Waals surface area contributed by atoms with E-state index >= 15 is 0 Å². The van der Waals surface area contributed by atoms with Crippen LogP contribution in [0.3, 0.4) is 0 Å². The maximum absolute atomic E-state index is 13.4. The van der Waals surface area contributed by atoms with Gasteiger partial charge in [0.1, 0.15) is 5.82 Å². The molecule has 0 saturated carbocycles. The van der Waals surface area contributed by atoms with Gasteiger partial charge in [0, 0.05) is 37.8 Å². The molecular formula is C21H17FN4O2S. The minimum atomic E-state index is -0.259. The molecule has 0 radical (unpaired) electrons. The first kappa shape index (κ1) is 17.8. The summed E-state index contributed by atoms with van der Waals surface area (Å²) in [4.78, 5) is 21.3. The third kappa shape index (κ3) is 3.47. The van der Waals surface area contributed by atoms with Gasteiger partial charge in [0.15, 0.2) is 16.6 Å². The van der Waals surface area contributed by atoms with E-state index in [4.69, 9.17) is 4.52 Å². The quantitative estimate of drug-likeness (QED) is 0.512. The summed E-state index contributed by atoms with van der Waals surface area (Å²) < 4.78 is 19.6. The van der Waals surface area contributed by atoms with Crippen molar-refractivity contribution in [3.63, 3.8) is 0 Å². The van der Waals surface area contributed by atoms with Gasteiger partial charge in [-0.15, -0.1) is 0 Å². The number of carbonyl (C=O) groups excluding carboxylic acids is 1. The Hall–Kier alpha value is -3.26. The maximum atomic E-state index is 13.4. The summed E-state index contributed by atoms with van der Waals surface area (Å²) in [7, 11) is 0. The molecule has 1 amide bonds. The second-order valence-electron chi connectivity index (χ2n) is 6.83. The predicted molar refractivity (Wildman–Crippen MR) is 110 cm³/mol. The number of benzene rings is 2. The van der Waals surface area contributed by atoms with Crippen LogP contribution in [0.15, 0.2) is 59.1 Å². The number of amides is 1. The van der Waals surface area contributed by atoms with Gasteiger partial charge in [-0.2, -0.15) is 0 Å². The van der Waals surface area contributed by atoms with Crippen LogP contribution in [-0.4, -0.2) is 47.1 Å². The molecule has 0 spiro atoms. The van der Waals surface area contributed by atoms with Gasteiger partial charge in [0.05, 0.1) is 10.2 Å². The van der Waals surface area contributed by atoms with Crippen molar-refractivity contribution in [2.24, 2.45) is 0 Å². The first-order valence-electron chi connectivity index (χ1n) is 9.30. The van der Waals surface area contributed by atoms with E-state index in [0.717, 1.165) is 20.9 Å². The van der Waals surface area contributed by atoms with E-state index < -0.39 is 0 Å². The molecule has 1 aliphatic rings. The average molecular weight is 408 g/mol. The fourth-order valence-corrected chi connectivity index (χ4v) is 4.44. The zero-order chi connectivity index (χ0) is 19.8. The van der Waals surface area contributed by atoms with Crippen LogP contribution in [0.5, 0.6) is 0 Å². The van der Waals surface area contributed by atoms with Gasteiger partial charge in [-0.3, -0.25) is 4.79 Å². The van der Waals surface area contributed by atoms with Crippen LogP contribution < -0.4 is 4.90 Å². The molecule has 0 bridgehead atoms. The Bertz CT molecular complexity index is 1170. The summed E-state index contributed by atoms with van der Waals surface area (Å²) in [6.07, 6.45) is 0. The van der Waals surface area contributed by atoms with Gasteiger partial charge >= 0.3 is 0 Å². The molecule has 1 aliphatic heterocycles. The van der Waals surface area contributed by atoms with E-state index in [1.807, 2.05) is 30.3 Å². The van der Waals surface area contributed by atoms with E-state index in [1.54, 1.807) is 17.0 Å². The van der Waals surface area contributed by atoms with Crippen molar-refractivity contribution in [1.29, 1.82) is 0 Å². The minimum absolute atomic E-state index is 0.137. The standard InChI is InChI=1S/C21H17FN4O2S/c22-15-6-7-16-19(12-15)29-21(23-16)26-10-8-25(9-11-26)20(27)17-13-18(28-24-17)14-4-2-1-3-5-14/h1-7,12-13H,8-11H2. The number of halogens is 1.